The van der Waals surface area contributed by atoms with Gasteiger partial charge < -0.3 is 15.1 Å². The fraction of sp³-hybridized carbons (Fsp3) is 0.542. The Hall–Kier alpha value is -2.67. The smallest absolute Gasteiger partial charge is 0.238 e. The van der Waals surface area contributed by atoms with E-state index in [0.717, 1.165) is 62.3 Å². The van der Waals surface area contributed by atoms with E-state index in [-0.39, 0.29) is 5.91 Å². The predicted octanol–water partition coefficient (Wildman–Crippen LogP) is 3.27. The van der Waals surface area contributed by atoms with Gasteiger partial charge in [0.2, 0.25) is 5.91 Å². The van der Waals surface area contributed by atoms with Gasteiger partial charge >= 0.3 is 0 Å². The van der Waals surface area contributed by atoms with Crippen LogP contribution in [0, 0.1) is 6.92 Å². The van der Waals surface area contributed by atoms with E-state index in [1.165, 1.54) is 18.5 Å². The number of carbonyl (C=O) groups is 1. The lowest BCUT2D eigenvalue weighted by Gasteiger charge is -2.35. The summed E-state index contributed by atoms with van der Waals surface area (Å²) in [6.07, 6.45) is 2.53. The Morgan fingerprint density at radius 1 is 0.968 bits per heavy atom. The Kier molecular flexibility index (Phi) is 6.70. The van der Waals surface area contributed by atoms with Gasteiger partial charge in [-0.05, 0) is 44.0 Å². The Morgan fingerprint density at radius 2 is 1.65 bits per heavy atom. The Labute approximate surface area is 185 Å². The molecule has 0 saturated carbocycles. The Bertz CT molecular complexity index is 883. The summed E-state index contributed by atoms with van der Waals surface area (Å²) < 4.78 is 0. The van der Waals surface area contributed by atoms with Crippen LogP contribution in [0.5, 0.6) is 0 Å². The van der Waals surface area contributed by atoms with Crippen LogP contribution in [0.25, 0.3) is 0 Å². The van der Waals surface area contributed by atoms with Crippen molar-refractivity contribution < 1.29 is 4.79 Å². The highest BCUT2D eigenvalue weighted by atomic mass is 16.2. The molecule has 0 bridgehead atoms. The number of aromatic nitrogens is 2. The van der Waals surface area contributed by atoms with Crippen molar-refractivity contribution in [3.05, 3.63) is 41.9 Å². The molecule has 0 aliphatic carbocycles. The topological polar surface area (TPSA) is 64.6 Å². The third kappa shape index (κ3) is 5.53. The van der Waals surface area contributed by atoms with Gasteiger partial charge in [0.15, 0.2) is 0 Å². The number of nitrogens with one attached hydrogen (secondary N) is 1. The maximum absolute atomic E-state index is 12.5. The van der Waals surface area contributed by atoms with Crippen LogP contribution in [0.15, 0.2) is 30.3 Å². The lowest BCUT2D eigenvalue weighted by atomic mass is 10.2. The molecule has 166 valence electrons. The summed E-state index contributed by atoms with van der Waals surface area (Å²) in [6, 6.07) is 10.3. The molecular weight excluding hydrogens is 388 g/mol. The van der Waals surface area contributed by atoms with Gasteiger partial charge in [0.25, 0.3) is 0 Å². The first-order valence-corrected chi connectivity index (χ1v) is 11.5. The number of rotatable bonds is 6. The number of benzene rings is 1. The highest BCUT2D eigenvalue weighted by Crippen LogP contribution is 2.22. The molecule has 0 atom stereocenters. The van der Waals surface area contributed by atoms with Crippen LogP contribution in [-0.4, -0.2) is 66.6 Å². The highest BCUT2D eigenvalue weighted by Gasteiger charge is 2.21. The number of nitrogens with zero attached hydrogens (tertiary/aromatic N) is 5. The molecule has 2 aliphatic heterocycles. The standard InChI is InChI=1S/C24H34N6O/c1-18(2)24-25-19(3)16-22(27-24)30-14-12-28(13-15-30)17-23(31)26-20-6-8-21(9-7-20)29-10-4-5-11-29/h6-9,16,18H,4-5,10-15,17H2,1-3H3,(H,26,31). The minimum absolute atomic E-state index is 0.0438. The van der Waals surface area contributed by atoms with Crippen LogP contribution in [-0.2, 0) is 4.79 Å². The van der Waals surface area contributed by atoms with E-state index < -0.39 is 0 Å². The molecule has 2 fully saturated rings. The summed E-state index contributed by atoms with van der Waals surface area (Å²) in [4.78, 5) is 28.7. The zero-order valence-corrected chi connectivity index (χ0v) is 19.0. The number of amides is 1. The van der Waals surface area contributed by atoms with Crippen molar-refractivity contribution in [2.24, 2.45) is 0 Å². The summed E-state index contributed by atoms with van der Waals surface area (Å²) in [5.41, 5.74) is 3.11. The molecule has 4 rings (SSSR count). The van der Waals surface area contributed by atoms with Crippen LogP contribution < -0.4 is 15.1 Å². The summed E-state index contributed by atoms with van der Waals surface area (Å²) in [5, 5.41) is 3.04. The van der Waals surface area contributed by atoms with Crippen molar-refractivity contribution in [2.45, 2.75) is 39.5 Å². The van der Waals surface area contributed by atoms with Crippen LogP contribution >= 0.6 is 0 Å². The largest absolute Gasteiger partial charge is 0.372 e. The van der Waals surface area contributed by atoms with Gasteiger partial charge in [-0.25, -0.2) is 9.97 Å². The lowest BCUT2D eigenvalue weighted by molar-refractivity contribution is -0.117. The lowest BCUT2D eigenvalue weighted by Crippen LogP contribution is -2.49. The molecule has 2 aromatic rings. The van der Waals surface area contributed by atoms with Gasteiger partial charge in [-0.1, -0.05) is 13.8 Å². The molecule has 2 saturated heterocycles. The Morgan fingerprint density at radius 3 is 2.29 bits per heavy atom. The quantitative estimate of drug-likeness (QED) is 0.771. The van der Waals surface area contributed by atoms with Gasteiger partial charge in [-0.3, -0.25) is 9.69 Å². The molecule has 1 N–H and O–H groups in total. The average Bonchev–Trinajstić information content (AvgIpc) is 3.29. The molecule has 0 spiro atoms. The first kappa shape index (κ1) is 21.6. The zero-order chi connectivity index (χ0) is 21.8. The number of piperazine rings is 1. The molecular formula is C24H34N6O. The molecule has 3 heterocycles. The van der Waals surface area contributed by atoms with E-state index in [0.29, 0.717) is 12.5 Å². The summed E-state index contributed by atoms with van der Waals surface area (Å²) in [6.45, 7) is 12.4. The first-order valence-electron chi connectivity index (χ1n) is 11.5. The van der Waals surface area contributed by atoms with E-state index in [1.807, 2.05) is 19.1 Å². The van der Waals surface area contributed by atoms with E-state index in [1.54, 1.807) is 0 Å². The summed E-state index contributed by atoms with van der Waals surface area (Å²) in [7, 11) is 0. The third-order valence-corrected chi connectivity index (χ3v) is 6.06. The van der Waals surface area contributed by atoms with Crippen molar-refractivity contribution in [1.29, 1.82) is 0 Å². The monoisotopic (exact) mass is 422 g/mol. The fourth-order valence-corrected chi connectivity index (χ4v) is 4.26. The van der Waals surface area contributed by atoms with Gasteiger partial charge in [0.1, 0.15) is 11.6 Å². The first-order chi connectivity index (χ1) is 15.0. The zero-order valence-electron chi connectivity index (χ0n) is 19.0. The fourth-order valence-electron chi connectivity index (χ4n) is 4.26. The van der Waals surface area contributed by atoms with Crippen molar-refractivity contribution in [1.82, 2.24) is 14.9 Å². The van der Waals surface area contributed by atoms with Crippen molar-refractivity contribution in [3.8, 4) is 0 Å². The molecule has 31 heavy (non-hydrogen) atoms. The number of hydrogen-bond donors (Lipinski definition) is 1. The van der Waals surface area contributed by atoms with Gasteiger partial charge in [-0.2, -0.15) is 0 Å². The minimum atomic E-state index is 0.0438. The van der Waals surface area contributed by atoms with E-state index in [4.69, 9.17) is 4.98 Å². The second-order valence-electron chi connectivity index (χ2n) is 8.93. The SMILES string of the molecule is Cc1cc(N2CCN(CC(=O)Nc3ccc(N4CCCC4)cc3)CC2)nc(C(C)C)n1. The van der Waals surface area contributed by atoms with E-state index in [9.17, 15) is 4.79 Å². The minimum Gasteiger partial charge on any atom is -0.372 e. The van der Waals surface area contributed by atoms with Crippen LogP contribution in [0.1, 0.15) is 44.1 Å². The second kappa shape index (κ2) is 9.64. The van der Waals surface area contributed by atoms with Gasteiger partial charge in [0.05, 0.1) is 6.54 Å². The molecule has 0 radical (unpaired) electrons. The summed E-state index contributed by atoms with van der Waals surface area (Å²) in [5.74, 6) is 2.25. The normalized spacial score (nSPS) is 17.4. The number of aryl methyl sites for hydroxylation is 1. The maximum atomic E-state index is 12.5. The second-order valence-corrected chi connectivity index (χ2v) is 8.93. The molecule has 2 aliphatic rings. The van der Waals surface area contributed by atoms with Crippen LogP contribution in [0.2, 0.25) is 0 Å². The molecule has 1 aromatic heterocycles. The molecule has 1 aromatic carbocycles. The maximum Gasteiger partial charge on any atom is 0.238 e. The molecule has 7 nitrogen and oxygen atoms in total. The number of hydrogen-bond acceptors (Lipinski definition) is 6. The van der Waals surface area contributed by atoms with Gasteiger partial charge in [0, 0.05) is 68.3 Å². The van der Waals surface area contributed by atoms with E-state index in [2.05, 4.69) is 57.0 Å². The molecule has 7 heteroatoms. The van der Waals surface area contributed by atoms with Crippen molar-refractivity contribution in [2.75, 3.05) is 60.9 Å². The number of anilines is 3. The number of carbonyl (C=O) groups excluding carboxylic acids is 1. The van der Waals surface area contributed by atoms with Crippen LogP contribution in [0.3, 0.4) is 0 Å². The Balaban J connectivity index is 1.26. The third-order valence-electron chi connectivity index (χ3n) is 6.06. The predicted molar refractivity (Wildman–Crippen MR) is 126 cm³/mol. The summed E-state index contributed by atoms with van der Waals surface area (Å²) >= 11 is 0. The van der Waals surface area contributed by atoms with Crippen molar-refractivity contribution in [3.63, 3.8) is 0 Å². The molecule has 0 unspecified atom stereocenters. The van der Waals surface area contributed by atoms with E-state index >= 15 is 0 Å². The highest BCUT2D eigenvalue weighted by molar-refractivity contribution is 5.92. The van der Waals surface area contributed by atoms with Crippen molar-refractivity contribution >= 4 is 23.1 Å². The van der Waals surface area contributed by atoms with Gasteiger partial charge in [-0.15, -0.1) is 0 Å². The molecule has 1 amide bonds. The van der Waals surface area contributed by atoms with Crippen LogP contribution in [0.4, 0.5) is 17.2 Å². The average molecular weight is 423 g/mol.